The fourth-order valence-corrected chi connectivity index (χ4v) is 2.69. The zero-order valence-corrected chi connectivity index (χ0v) is 11.1. The van der Waals surface area contributed by atoms with E-state index in [0.717, 1.165) is 4.90 Å². The molecule has 3 atom stereocenters. The lowest BCUT2D eigenvalue weighted by molar-refractivity contribution is -0.148. The third kappa shape index (κ3) is 1.74. The van der Waals surface area contributed by atoms with Gasteiger partial charge in [0.2, 0.25) is 5.91 Å². The molecule has 0 aromatic heterocycles. The molecular formula is C14H12N2O5. The predicted molar refractivity (Wildman–Crippen MR) is 69.5 cm³/mol. The normalized spacial score (nSPS) is 25.2. The Kier molecular flexibility index (Phi) is 2.79. The van der Waals surface area contributed by atoms with Gasteiger partial charge in [0.25, 0.3) is 11.8 Å². The molecular weight excluding hydrogens is 276 g/mol. The van der Waals surface area contributed by atoms with Crippen LogP contribution in [-0.2, 0) is 9.59 Å². The number of amides is 3. The Morgan fingerprint density at radius 2 is 1.71 bits per heavy atom. The van der Waals surface area contributed by atoms with Crippen molar-refractivity contribution in [2.45, 2.75) is 19.0 Å². The monoisotopic (exact) mass is 288 g/mol. The van der Waals surface area contributed by atoms with Crippen molar-refractivity contribution < 1.29 is 24.3 Å². The SMILES string of the molecule is C[C@@H](C(=O)O)[C@H]1NC(=O)[C@@H]1N1C(=O)c2ccccc2C1=O. The molecule has 1 fully saturated rings. The van der Waals surface area contributed by atoms with Crippen molar-refractivity contribution in [2.75, 3.05) is 0 Å². The molecule has 0 aliphatic carbocycles. The minimum Gasteiger partial charge on any atom is -0.481 e. The molecule has 0 bridgehead atoms. The highest BCUT2D eigenvalue weighted by molar-refractivity contribution is 6.23. The number of imide groups is 1. The zero-order chi connectivity index (χ0) is 15.3. The molecule has 2 aliphatic rings. The van der Waals surface area contributed by atoms with Crippen molar-refractivity contribution in [3.05, 3.63) is 35.4 Å². The summed E-state index contributed by atoms with van der Waals surface area (Å²) in [7, 11) is 0. The molecule has 2 heterocycles. The topological polar surface area (TPSA) is 104 Å². The first-order valence-corrected chi connectivity index (χ1v) is 6.43. The van der Waals surface area contributed by atoms with E-state index >= 15 is 0 Å². The third-order valence-corrected chi connectivity index (χ3v) is 3.95. The number of carboxylic acids is 1. The Bertz CT molecular complexity index is 649. The summed E-state index contributed by atoms with van der Waals surface area (Å²) in [6.07, 6.45) is 0. The summed E-state index contributed by atoms with van der Waals surface area (Å²) in [5, 5.41) is 11.5. The van der Waals surface area contributed by atoms with Crippen LogP contribution in [0.4, 0.5) is 0 Å². The van der Waals surface area contributed by atoms with Crippen LogP contribution in [0.2, 0.25) is 0 Å². The molecule has 108 valence electrons. The Labute approximate surface area is 119 Å². The lowest BCUT2D eigenvalue weighted by Gasteiger charge is -2.42. The number of nitrogens with one attached hydrogen (secondary N) is 1. The van der Waals surface area contributed by atoms with Gasteiger partial charge in [-0.05, 0) is 19.1 Å². The van der Waals surface area contributed by atoms with E-state index in [1.165, 1.54) is 19.1 Å². The fraction of sp³-hybridized carbons (Fsp3) is 0.286. The first-order chi connectivity index (χ1) is 9.93. The maximum atomic E-state index is 12.3. The number of hydrogen-bond acceptors (Lipinski definition) is 4. The zero-order valence-electron chi connectivity index (χ0n) is 11.1. The van der Waals surface area contributed by atoms with Crippen molar-refractivity contribution in [1.29, 1.82) is 0 Å². The Morgan fingerprint density at radius 3 is 2.14 bits per heavy atom. The van der Waals surface area contributed by atoms with Crippen molar-refractivity contribution in [2.24, 2.45) is 5.92 Å². The summed E-state index contributed by atoms with van der Waals surface area (Å²) in [6.45, 7) is 1.43. The molecule has 0 saturated carbocycles. The predicted octanol–water partition coefficient (Wildman–Crippen LogP) is -0.130. The minimum atomic E-state index is -1.10. The maximum absolute atomic E-state index is 12.3. The summed E-state index contributed by atoms with van der Waals surface area (Å²) in [5.41, 5.74) is 0.479. The Balaban J connectivity index is 1.95. The molecule has 21 heavy (non-hydrogen) atoms. The Morgan fingerprint density at radius 1 is 1.19 bits per heavy atom. The highest BCUT2D eigenvalue weighted by atomic mass is 16.4. The van der Waals surface area contributed by atoms with Crippen LogP contribution in [0.3, 0.4) is 0 Å². The van der Waals surface area contributed by atoms with Gasteiger partial charge in [0, 0.05) is 0 Å². The van der Waals surface area contributed by atoms with E-state index in [2.05, 4.69) is 5.32 Å². The van der Waals surface area contributed by atoms with Gasteiger partial charge in [-0.2, -0.15) is 0 Å². The van der Waals surface area contributed by atoms with Gasteiger partial charge in [-0.25, -0.2) is 0 Å². The molecule has 1 aromatic rings. The summed E-state index contributed by atoms with van der Waals surface area (Å²) >= 11 is 0. The van der Waals surface area contributed by atoms with E-state index in [1.807, 2.05) is 0 Å². The number of carboxylic acid groups (broad SMARTS) is 1. The lowest BCUT2D eigenvalue weighted by atomic mass is 9.86. The van der Waals surface area contributed by atoms with Gasteiger partial charge in [0.05, 0.1) is 23.1 Å². The van der Waals surface area contributed by atoms with Gasteiger partial charge in [-0.1, -0.05) is 12.1 Å². The average molecular weight is 288 g/mol. The van der Waals surface area contributed by atoms with Crippen LogP contribution < -0.4 is 5.32 Å². The van der Waals surface area contributed by atoms with Crippen molar-refractivity contribution in [1.82, 2.24) is 10.2 Å². The standard InChI is InChI=1S/C14H12N2O5/c1-6(14(20)21)9-10(11(17)15-9)16-12(18)7-4-2-3-5-8(7)13(16)19/h2-6,9-10H,1H3,(H,15,17)(H,20,21)/t6-,9-,10-/m1/s1. The highest BCUT2D eigenvalue weighted by Crippen LogP contribution is 2.30. The van der Waals surface area contributed by atoms with E-state index in [-0.39, 0.29) is 11.1 Å². The summed E-state index contributed by atoms with van der Waals surface area (Å²) in [6, 6.07) is 4.46. The number of carbonyl (C=O) groups excluding carboxylic acids is 3. The number of rotatable bonds is 3. The molecule has 2 aliphatic heterocycles. The minimum absolute atomic E-state index is 0.240. The molecule has 3 amide bonds. The van der Waals surface area contributed by atoms with Crippen LogP contribution in [0.15, 0.2) is 24.3 Å². The number of nitrogens with zero attached hydrogens (tertiary/aromatic N) is 1. The van der Waals surface area contributed by atoms with Crippen LogP contribution in [0.5, 0.6) is 0 Å². The van der Waals surface area contributed by atoms with Crippen molar-refractivity contribution in [3.63, 3.8) is 0 Å². The largest absolute Gasteiger partial charge is 0.481 e. The van der Waals surface area contributed by atoms with Crippen LogP contribution in [-0.4, -0.2) is 45.8 Å². The smallest absolute Gasteiger partial charge is 0.308 e. The number of β-lactam (4-membered cyclic amide) rings is 1. The number of hydrogen-bond donors (Lipinski definition) is 2. The number of carbonyl (C=O) groups is 4. The van der Waals surface area contributed by atoms with Gasteiger partial charge in [0.15, 0.2) is 0 Å². The third-order valence-electron chi connectivity index (χ3n) is 3.95. The fourth-order valence-electron chi connectivity index (χ4n) is 2.69. The second kappa shape index (κ2) is 4.41. The van der Waals surface area contributed by atoms with Gasteiger partial charge in [-0.3, -0.25) is 24.1 Å². The summed E-state index contributed by atoms with van der Waals surface area (Å²) in [5.74, 6) is -3.61. The molecule has 0 unspecified atom stereocenters. The molecule has 7 nitrogen and oxygen atoms in total. The number of fused-ring (bicyclic) bond motifs is 1. The summed E-state index contributed by atoms with van der Waals surface area (Å²) < 4.78 is 0. The second-order valence-corrected chi connectivity index (χ2v) is 5.13. The maximum Gasteiger partial charge on any atom is 0.308 e. The Hall–Kier alpha value is -2.70. The number of benzene rings is 1. The first-order valence-electron chi connectivity index (χ1n) is 6.43. The van der Waals surface area contributed by atoms with E-state index in [0.29, 0.717) is 0 Å². The highest BCUT2D eigenvalue weighted by Gasteiger charge is 2.54. The summed E-state index contributed by atoms with van der Waals surface area (Å²) in [4.78, 5) is 48.3. The number of aliphatic carboxylic acids is 1. The van der Waals surface area contributed by atoms with Crippen LogP contribution in [0.25, 0.3) is 0 Å². The van der Waals surface area contributed by atoms with Crippen LogP contribution in [0, 0.1) is 5.92 Å². The second-order valence-electron chi connectivity index (χ2n) is 5.13. The molecule has 0 spiro atoms. The molecule has 1 saturated heterocycles. The van der Waals surface area contributed by atoms with Crippen molar-refractivity contribution in [3.8, 4) is 0 Å². The quantitative estimate of drug-likeness (QED) is 0.595. The van der Waals surface area contributed by atoms with Gasteiger partial charge < -0.3 is 10.4 Å². The molecule has 7 heteroatoms. The first kappa shape index (κ1) is 13.3. The molecule has 2 N–H and O–H groups in total. The van der Waals surface area contributed by atoms with E-state index in [4.69, 9.17) is 5.11 Å². The van der Waals surface area contributed by atoms with Gasteiger partial charge in [-0.15, -0.1) is 0 Å². The lowest BCUT2D eigenvalue weighted by Crippen LogP contribution is -2.72. The van der Waals surface area contributed by atoms with Gasteiger partial charge >= 0.3 is 5.97 Å². The van der Waals surface area contributed by atoms with E-state index in [9.17, 15) is 19.2 Å². The molecule has 3 rings (SSSR count). The van der Waals surface area contributed by atoms with E-state index < -0.39 is 41.7 Å². The van der Waals surface area contributed by atoms with Crippen LogP contribution in [0.1, 0.15) is 27.6 Å². The average Bonchev–Trinajstić information content (AvgIpc) is 2.70. The van der Waals surface area contributed by atoms with Crippen molar-refractivity contribution >= 4 is 23.7 Å². The van der Waals surface area contributed by atoms with Crippen LogP contribution >= 0.6 is 0 Å². The van der Waals surface area contributed by atoms with E-state index in [1.54, 1.807) is 12.1 Å². The molecule has 0 radical (unpaired) electrons. The van der Waals surface area contributed by atoms with Gasteiger partial charge in [0.1, 0.15) is 6.04 Å². The molecule has 1 aromatic carbocycles.